The SMILES string of the molecule is Cc1ccc(C(=O)NCC(=O)Nc2cc(F)cc(F)c2)cc1C. The molecule has 0 aliphatic rings. The highest BCUT2D eigenvalue weighted by Gasteiger charge is 2.10. The van der Waals surface area contributed by atoms with Crippen molar-refractivity contribution >= 4 is 17.5 Å². The molecular formula is C17H16F2N2O2. The Morgan fingerprint density at radius 3 is 2.22 bits per heavy atom. The van der Waals surface area contributed by atoms with Crippen LogP contribution in [0, 0.1) is 25.5 Å². The van der Waals surface area contributed by atoms with E-state index in [1.807, 2.05) is 19.9 Å². The quantitative estimate of drug-likeness (QED) is 0.910. The molecule has 120 valence electrons. The number of hydrogen-bond acceptors (Lipinski definition) is 2. The molecule has 0 heterocycles. The molecular weight excluding hydrogens is 302 g/mol. The maximum Gasteiger partial charge on any atom is 0.251 e. The first kappa shape index (κ1) is 16.6. The van der Waals surface area contributed by atoms with E-state index in [1.165, 1.54) is 0 Å². The fourth-order valence-corrected chi connectivity index (χ4v) is 1.98. The summed E-state index contributed by atoms with van der Waals surface area (Å²) >= 11 is 0. The monoisotopic (exact) mass is 318 g/mol. The molecule has 0 radical (unpaired) electrons. The number of nitrogens with one attached hydrogen (secondary N) is 2. The summed E-state index contributed by atoms with van der Waals surface area (Å²) in [5, 5.41) is 4.77. The van der Waals surface area contributed by atoms with Gasteiger partial charge < -0.3 is 10.6 Å². The lowest BCUT2D eigenvalue weighted by molar-refractivity contribution is -0.115. The molecule has 2 amide bonds. The number of halogens is 2. The summed E-state index contributed by atoms with van der Waals surface area (Å²) in [6.45, 7) is 3.52. The zero-order valence-electron chi connectivity index (χ0n) is 12.7. The number of carbonyl (C=O) groups is 2. The number of carbonyl (C=O) groups excluding carboxylic acids is 2. The first-order valence-electron chi connectivity index (χ1n) is 6.96. The van der Waals surface area contributed by atoms with Crippen LogP contribution in [0.3, 0.4) is 0 Å². The van der Waals surface area contributed by atoms with Crippen LogP contribution in [-0.4, -0.2) is 18.4 Å². The van der Waals surface area contributed by atoms with Gasteiger partial charge in [-0.25, -0.2) is 8.78 Å². The van der Waals surface area contributed by atoms with E-state index < -0.39 is 23.4 Å². The van der Waals surface area contributed by atoms with E-state index in [4.69, 9.17) is 0 Å². The lowest BCUT2D eigenvalue weighted by Crippen LogP contribution is -2.32. The molecule has 0 unspecified atom stereocenters. The molecule has 4 nitrogen and oxygen atoms in total. The van der Waals surface area contributed by atoms with E-state index in [0.717, 1.165) is 23.3 Å². The molecule has 0 aliphatic heterocycles. The summed E-state index contributed by atoms with van der Waals surface area (Å²) in [7, 11) is 0. The molecule has 2 N–H and O–H groups in total. The summed E-state index contributed by atoms with van der Waals surface area (Å²) in [6, 6.07) is 7.90. The fraction of sp³-hybridized carbons (Fsp3) is 0.176. The van der Waals surface area contributed by atoms with Crippen LogP contribution in [-0.2, 0) is 4.79 Å². The highest BCUT2D eigenvalue weighted by Crippen LogP contribution is 2.12. The van der Waals surface area contributed by atoms with Gasteiger partial charge in [0.1, 0.15) is 11.6 Å². The molecule has 0 fully saturated rings. The molecule has 2 aromatic carbocycles. The third-order valence-corrected chi connectivity index (χ3v) is 3.32. The normalized spacial score (nSPS) is 10.3. The topological polar surface area (TPSA) is 58.2 Å². The van der Waals surface area contributed by atoms with Crippen molar-refractivity contribution in [3.8, 4) is 0 Å². The summed E-state index contributed by atoms with van der Waals surface area (Å²) in [5.41, 5.74) is 2.47. The van der Waals surface area contributed by atoms with Crippen LogP contribution in [0.15, 0.2) is 36.4 Å². The maximum atomic E-state index is 13.0. The van der Waals surface area contributed by atoms with E-state index in [0.29, 0.717) is 11.6 Å². The van der Waals surface area contributed by atoms with Gasteiger partial charge in [-0.05, 0) is 49.2 Å². The molecule has 0 saturated carbocycles. The van der Waals surface area contributed by atoms with Crippen LogP contribution in [0.25, 0.3) is 0 Å². The number of rotatable bonds is 4. The van der Waals surface area contributed by atoms with Gasteiger partial charge in [-0.2, -0.15) is 0 Å². The second-order valence-electron chi connectivity index (χ2n) is 5.19. The minimum atomic E-state index is -0.792. The minimum absolute atomic E-state index is 0.00655. The Balaban J connectivity index is 1.93. The number of amides is 2. The minimum Gasteiger partial charge on any atom is -0.343 e. The largest absolute Gasteiger partial charge is 0.343 e. The number of benzene rings is 2. The van der Waals surface area contributed by atoms with Gasteiger partial charge in [-0.3, -0.25) is 9.59 Å². The van der Waals surface area contributed by atoms with Crippen LogP contribution in [0.4, 0.5) is 14.5 Å². The molecule has 0 saturated heterocycles. The molecule has 2 rings (SSSR count). The second-order valence-corrected chi connectivity index (χ2v) is 5.19. The fourth-order valence-electron chi connectivity index (χ4n) is 1.98. The van der Waals surface area contributed by atoms with E-state index in [-0.39, 0.29) is 12.2 Å². The molecule has 0 aromatic heterocycles. The molecule has 0 bridgehead atoms. The Labute approximate surface area is 132 Å². The molecule has 0 aliphatic carbocycles. The van der Waals surface area contributed by atoms with Gasteiger partial charge in [0.05, 0.1) is 6.54 Å². The molecule has 23 heavy (non-hydrogen) atoms. The van der Waals surface area contributed by atoms with Crippen LogP contribution >= 0.6 is 0 Å². The van der Waals surface area contributed by atoms with Crippen LogP contribution < -0.4 is 10.6 Å². The third-order valence-electron chi connectivity index (χ3n) is 3.32. The Morgan fingerprint density at radius 2 is 1.61 bits per heavy atom. The summed E-state index contributed by atoms with van der Waals surface area (Å²) in [6.07, 6.45) is 0. The van der Waals surface area contributed by atoms with Gasteiger partial charge in [0.15, 0.2) is 0 Å². The first-order valence-corrected chi connectivity index (χ1v) is 6.96. The van der Waals surface area contributed by atoms with Gasteiger partial charge >= 0.3 is 0 Å². The van der Waals surface area contributed by atoms with Crippen molar-refractivity contribution in [1.82, 2.24) is 5.32 Å². The van der Waals surface area contributed by atoms with E-state index >= 15 is 0 Å². The number of anilines is 1. The lowest BCUT2D eigenvalue weighted by atomic mass is 10.1. The molecule has 0 spiro atoms. The summed E-state index contributed by atoms with van der Waals surface area (Å²) in [5.74, 6) is -2.56. The van der Waals surface area contributed by atoms with Gasteiger partial charge in [0.2, 0.25) is 5.91 Å². The van der Waals surface area contributed by atoms with E-state index in [2.05, 4.69) is 10.6 Å². The van der Waals surface area contributed by atoms with Crippen molar-refractivity contribution in [2.24, 2.45) is 0 Å². The zero-order chi connectivity index (χ0) is 17.0. The second kappa shape index (κ2) is 7.00. The summed E-state index contributed by atoms with van der Waals surface area (Å²) in [4.78, 5) is 23.7. The van der Waals surface area contributed by atoms with Crippen LogP contribution in [0.1, 0.15) is 21.5 Å². The highest BCUT2D eigenvalue weighted by molar-refractivity contribution is 5.99. The molecule has 0 atom stereocenters. The summed E-state index contributed by atoms with van der Waals surface area (Å²) < 4.78 is 26.0. The van der Waals surface area contributed by atoms with Crippen molar-refractivity contribution in [1.29, 1.82) is 0 Å². The predicted octanol–water partition coefficient (Wildman–Crippen LogP) is 2.95. The Hall–Kier alpha value is -2.76. The van der Waals surface area contributed by atoms with E-state index in [9.17, 15) is 18.4 Å². The maximum absolute atomic E-state index is 13.0. The van der Waals surface area contributed by atoms with Crippen molar-refractivity contribution in [3.05, 3.63) is 64.7 Å². The first-order chi connectivity index (χ1) is 10.8. The Morgan fingerprint density at radius 1 is 0.957 bits per heavy atom. The Bertz CT molecular complexity index is 740. The average Bonchev–Trinajstić information content (AvgIpc) is 2.46. The van der Waals surface area contributed by atoms with Crippen molar-refractivity contribution in [2.45, 2.75) is 13.8 Å². The van der Waals surface area contributed by atoms with Crippen molar-refractivity contribution in [2.75, 3.05) is 11.9 Å². The number of hydrogen-bond donors (Lipinski definition) is 2. The van der Waals surface area contributed by atoms with Gasteiger partial charge in [0.25, 0.3) is 5.91 Å². The molecule has 2 aromatic rings. The standard InChI is InChI=1S/C17H16F2N2O2/c1-10-3-4-12(5-11(10)2)17(23)20-9-16(22)21-15-7-13(18)6-14(19)8-15/h3-8H,9H2,1-2H3,(H,20,23)(H,21,22). The smallest absolute Gasteiger partial charge is 0.251 e. The van der Waals surface area contributed by atoms with Crippen LogP contribution in [0.2, 0.25) is 0 Å². The van der Waals surface area contributed by atoms with Gasteiger partial charge in [-0.15, -0.1) is 0 Å². The average molecular weight is 318 g/mol. The van der Waals surface area contributed by atoms with Gasteiger partial charge in [-0.1, -0.05) is 6.07 Å². The predicted molar refractivity (Wildman–Crippen MR) is 83.2 cm³/mol. The third kappa shape index (κ3) is 4.60. The van der Waals surface area contributed by atoms with Crippen molar-refractivity contribution < 1.29 is 18.4 Å². The Kier molecular flexibility index (Phi) is 5.05. The molecule has 6 heteroatoms. The lowest BCUT2D eigenvalue weighted by Gasteiger charge is -2.08. The van der Waals surface area contributed by atoms with E-state index in [1.54, 1.807) is 12.1 Å². The number of aryl methyl sites for hydroxylation is 2. The van der Waals surface area contributed by atoms with Crippen LogP contribution in [0.5, 0.6) is 0 Å². The zero-order valence-corrected chi connectivity index (χ0v) is 12.7. The van der Waals surface area contributed by atoms with Crippen molar-refractivity contribution in [3.63, 3.8) is 0 Å². The van der Waals surface area contributed by atoms with Gasteiger partial charge in [0, 0.05) is 17.3 Å². The highest BCUT2D eigenvalue weighted by atomic mass is 19.1.